The van der Waals surface area contributed by atoms with Crippen molar-refractivity contribution in [1.29, 1.82) is 0 Å². The lowest BCUT2D eigenvalue weighted by atomic mass is 9.88. The molecule has 0 amide bonds. The lowest BCUT2D eigenvalue weighted by molar-refractivity contribution is -0.0841. The molecule has 2 aromatic carbocycles. The van der Waals surface area contributed by atoms with E-state index in [9.17, 15) is 10.2 Å². The number of piperazine rings is 1. The van der Waals surface area contributed by atoms with Gasteiger partial charge in [0, 0.05) is 32.7 Å². The molecule has 3 unspecified atom stereocenters. The lowest BCUT2D eigenvalue weighted by Gasteiger charge is -2.41. The Balaban J connectivity index is 1.47. The van der Waals surface area contributed by atoms with Crippen molar-refractivity contribution >= 4 is 0 Å². The van der Waals surface area contributed by atoms with E-state index in [-0.39, 0.29) is 6.04 Å². The summed E-state index contributed by atoms with van der Waals surface area (Å²) in [5.41, 5.74) is 1.60. The van der Waals surface area contributed by atoms with Gasteiger partial charge < -0.3 is 10.2 Å². The number of β-amino-alcohol motifs (C(OH)–C–C–N with tert-alkyl or cyclic N) is 1. The van der Waals surface area contributed by atoms with Crippen molar-refractivity contribution in [2.75, 3.05) is 32.7 Å². The smallest absolute Gasteiger partial charge is 0.0950 e. The molecule has 2 aromatic rings. The molecule has 0 radical (unpaired) electrons. The van der Waals surface area contributed by atoms with Gasteiger partial charge in [-0.15, -0.1) is 0 Å². The zero-order chi connectivity index (χ0) is 26.0. The highest BCUT2D eigenvalue weighted by Crippen LogP contribution is 2.30. The Morgan fingerprint density at radius 3 is 1.83 bits per heavy atom. The Morgan fingerprint density at radius 2 is 1.31 bits per heavy atom. The molecule has 200 valence electrons. The Kier molecular flexibility index (Phi) is 11.4. The van der Waals surface area contributed by atoms with E-state index < -0.39 is 11.7 Å². The van der Waals surface area contributed by atoms with Crippen molar-refractivity contribution in [3.05, 3.63) is 71.8 Å². The van der Waals surface area contributed by atoms with Crippen LogP contribution < -0.4 is 0 Å². The van der Waals surface area contributed by atoms with E-state index in [0.29, 0.717) is 18.9 Å². The first-order valence-corrected chi connectivity index (χ1v) is 14.2. The van der Waals surface area contributed by atoms with E-state index >= 15 is 0 Å². The van der Waals surface area contributed by atoms with Crippen LogP contribution in [0.5, 0.6) is 0 Å². The van der Waals surface area contributed by atoms with Crippen molar-refractivity contribution in [2.45, 2.75) is 84.0 Å². The molecule has 1 heterocycles. The summed E-state index contributed by atoms with van der Waals surface area (Å²) in [7, 11) is 0. The van der Waals surface area contributed by atoms with Gasteiger partial charge in [-0.3, -0.25) is 9.80 Å². The third-order valence-electron chi connectivity index (χ3n) is 8.01. The highest BCUT2D eigenvalue weighted by atomic mass is 16.3. The van der Waals surface area contributed by atoms with Gasteiger partial charge in [0.2, 0.25) is 0 Å². The Labute approximate surface area is 220 Å². The topological polar surface area (TPSA) is 46.9 Å². The molecule has 0 aromatic heterocycles. The zero-order valence-electron chi connectivity index (χ0n) is 23.1. The molecule has 4 heteroatoms. The van der Waals surface area contributed by atoms with E-state index in [1.807, 2.05) is 6.92 Å². The van der Waals surface area contributed by atoms with Crippen LogP contribution >= 0.6 is 0 Å². The van der Waals surface area contributed by atoms with Crippen LogP contribution in [0, 0.1) is 11.8 Å². The first kappa shape index (κ1) is 28.8. The maximum atomic E-state index is 11.0. The summed E-state index contributed by atoms with van der Waals surface area (Å²) < 4.78 is 0. The quantitative estimate of drug-likeness (QED) is 0.331. The summed E-state index contributed by atoms with van der Waals surface area (Å²) in [5.74, 6) is 1.46. The van der Waals surface area contributed by atoms with Crippen molar-refractivity contribution in [3.8, 4) is 0 Å². The van der Waals surface area contributed by atoms with Crippen LogP contribution in [0.3, 0.4) is 0 Å². The van der Waals surface area contributed by atoms with Crippen LogP contribution in [0.4, 0.5) is 0 Å². The van der Waals surface area contributed by atoms with Gasteiger partial charge >= 0.3 is 0 Å². The fourth-order valence-electron chi connectivity index (χ4n) is 5.52. The van der Waals surface area contributed by atoms with Gasteiger partial charge in [-0.1, -0.05) is 114 Å². The molecule has 3 rings (SSSR count). The summed E-state index contributed by atoms with van der Waals surface area (Å²) in [6, 6.07) is 21.7. The van der Waals surface area contributed by atoms with Gasteiger partial charge in [-0.25, -0.2) is 0 Å². The van der Waals surface area contributed by atoms with E-state index in [1.54, 1.807) is 0 Å². The third-order valence-corrected chi connectivity index (χ3v) is 8.01. The van der Waals surface area contributed by atoms with Gasteiger partial charge in [-0.05, 0) is 36.3 Å². The van der Waals surface area contributed by atoms with Gasteiger partial charge in [0.05, 0.1) is 17.7 Å². The number of rotatable bonds is 14. The Bertz CT molecular complexity index is 807. The Morgan fingerprint density at radius 1 is 0.778 bits per heavy atom. The van der Waals surface area contributed by atoms with Crippen molar-refractivity contribution < 1.29 is 10.2 Å². The van der Waals surface area contributed by atoms with Crippen molar-refractivity contribution in [3.63, 3.8) is 0 Å². The maximum Gasteiger partial charge on any atom is 0.0950 e. The molecular formula is C32H50N2O2. The molecule has 0 spiro atoms. The minimum absolute atomic E-state index is 0.241. The number of aliphatic hydroxyl groups excluding tert-OH is 1. The second-order valence-corrected chi connectivity index (χ2v) is 11.8. The summed E-state index contributed by atoms with van der Waals surface area (Å²) in [6.45, 7) is 12.9. The monoisotopic (exact) mass is 494 g/mol. The number of nitrogens with zero attached hydrogens (tertiary/aromatic N) is 2. The first-order chi connectivity index (χ1) is 17.3. The minimum atomic E-state index is -1.04. The SMILES string of the molecule is CC(C)CCCC(C)CCCC(C)(O)C(O)CN1CCN(C(c2ccccc2)c2ccccc2)CC1. The van der Waals surface area contributed by atoms with Crippen LogP contribution in [0.2, 0.25) is 0 Å². The highest BCUT2D eigenvalue weighted by molar-refractivity contribution is 5.32. The second-order valence-electron chi connectivity index (χ2n) is 11.8. The van der Waals surface area contributed by atoms with Gasteiger partial charge in [0.15, 0.2) is 0 Å². The molecule has 1 aliphatic heterocycles. The molecule has 3 atom stereocenters. The summed E-state index contributed by atoms with van der Waals surface area (Å²) in [4.78, 5) is 4.86. The molecular weight excluding hydrogens is 444 g/mol. The van der Waals surface area contributed by atoms with Crippen molar-refractivity contribution in [1.82, 2.24) is 9.80 Å². The number of hydrogen-bond donors (Lipinski definition) is 2. The van der Waals surface area contributed by atoms with E-state index in [1.165, 1.54) is 30.4 Å². The number of benzene rings is 2. The molecule has 36 heavy (non-hydrogen) atoms. The molecule has 0 saturated carbocycles. The van der Waals surface area contributed by atoms with Gasteiger partial charge in [0.25, 0.3) is 0 Å². The largest absolute Gasteiger partial charge is 0.389 e. The van der Waals surface area contributed by atoms with Crippen molar-refractivity contribution in [2.24, 2.45) is 11.8 Å². The number of aliphatic hydroxyl groups is 2. The predicted molar refractivity (Wildman–Crippen MR) is 151 cm³/mol. The number of hydrogen-bond acceptors (Lipinski definition) is 4. The van der Waals surface area contributed by atoms with Gasteiger partial charge in [0.1, 0.15) is 0 Å². The predicted octanol–water partition coefficient (Wildman–Crippen LogP) is 6.14. The first-order valence-electron chi connectivity index (χ1n) is 14.2. The minimum Gasteiger partial charge on any atom is -0.389 e. The highest BCUT2D eigenvalue weighted by Gasteiger charge is 2.33. The van der Waals surface area contributed by atoms with Crippen LogP contribution in [-0.2, 0) is 0 Å². The molecule has 1 aliphatic rings. The third kappa shape index (κ3) is 8.99. The fraction of sp³-hybridized carbons (Fsp3) is 0.625. The maximum absolute atomic E-state index is 11.0. The average molecular weight is 495 g/mol. The molecule has 1 saturated heterocycles. The standard InChI is InChI=1S/C32H50N2O2/c1-26(2)13-11-14-27(3)15-12-20-32(4,36)30(35)25-33-21-23-34(24-22-33)31(28-16-7-5-8-17-28)29-18-9-6-10-19-29/h5-10,16-19,26-27,30-31,35-36H,11-15,20-25H2,1-4H3. The van der Waals surface area contributed by atoms with E-state index in [4.69, 9.17) is 0 Å². The van der Waals surface area contributed by atoms with Crippen LogP contribution in [0.15, 0.2) is 60.7 Å². The lowest BCUT2D eigenvalue weighted by Crippen LogP contribution is -2.53. The molecule has 2 N–H and O–H groups in total. The van der Waals surface area contributed by atoms with Crippen LogP contribution in [-0.4, -0.2) is 64.4 Å². The fourth-order valence-corrected chi connectivity index (χ4v) is 5.52. The van der Waals surface area contributed by atoms with Crippen LogP contribution in [0.25, 0.3) is 0 Å². The Hall–Kier alpha value is -1.72. The summed E-state index contributed by atoms with van der Waals surface area (Å²) >= 11 is 0. The molecule has 1 fully saturated rings. The average Bonchev–Trinajstić information content (AvgIpc) is 2.86. The summed E-state index contributed by atoms with van der Waals surface area (Å²) in [5, 5.41) is 21.9. The zero-order valence-corrected chi connectivity index (χ0v) is 23.1. The normalized spacial score (nSPS) is 18.9. The van der Waals surface area contributed by atoms with E-state index in [2.05, 4.69) is 91.2 Å². The molecule has 0 aliphatic carbocycles. The molecule has 0 bridgehead atoms. The second kappa shape index (κ2) is 14.3. The summed E-state index contributed by atoms with van der Waals surface area (Å²) in [6.07, 6.45) is 5.88. The van der Waals surface area contributed by atoms with E-state index in [0.717, 1.165) is 44.9 Å². The van der Waals surface area contributed by atoms with Crippen LogP contribution in [0.1, 0.15) is 83.4 Å². The van der Waals surface area contributed by atoms with Gasteiger partial charge in [-0.2, -0.15) is 0 Å². The molecule has 4 nitrogen and oxygen atoms in total.